The van der Waals surface area contributed by atoms with E-state index in [1.165, 1.54) is 123 Å². The van der Waals surface area contributed by atoms with E-state index < -0.39 is 132 Å². The minimum Gasteiger partial charge on any atom is -0.744 e. The second-order valence-corrected chi connectivity index (χ2v) is 37.8. The van der Waals surface area contributed by atoms with Crippen LogP contribution in [-0.2, 0) is 52.1 Å². The molecule has 0 atom stereocenters. The molecular formula is C78H60F15IO9S7. The van der Waals surface area contributed by atoms with Crippen molar-refractivity contribution in [2.75, 3.05) is 0 Å². The Balaban J connectivity index is 0.000000270. The summed E-state index contributed by atoms with van der Waals surface area (Å²) >= 11 is 3.42. The minimum atomic E-state index is -5.77. The van der Waals surface area contributed by atoms with E-state index in [0.29, 0.717) is 0 Å². The molecule has 0 amide bonds. The molecule has 0 spiro atoms. The molecule has 110 heavy (non-hydrogen) atoms. The van der Waals surface area contributed by atoms with Crippen LogP contribution in [0.15, 0.2) is 209 Å². The topological polar surface area (TPSA) is 172 Å². The smallest absolute Gasteiger partial charge is 0.357 e. The van der Waals surface area contributed by atoms with E-state index in [1.54, 1.807) is 0 Å². The second kappa shape index (κ2) is 35.5. The number of aryl methyl sites for hydroxylation is 12. The van der Waals surface area contributed by atoms with Gasteiger partial charge in [-0.05, 0) is 180 Å². The molecule has 32 heteroatoms. The minimum absolute atomic E-state index is 0.193. The van der Waals surface area contributed by atoms with Crippen molar-refractivity contribution >= 4 is 75.7 Å². The highest BCUT2D eigenvalue weighted by molar-refractivity contribution is 8.00. The summed E-state index contributed by atoms with van der Waals surface area (Å²) in [5, 5.41) is 0. The van der Waals surface area contributed by atoms with E-state index in [-0.39, 0.29) is 43.0 Å². The lowest BCUT2D eigenvalue weighted by Crippen LogP contribution is -3.61. The quantitative estimate of drug-likeness (QED) is 0.0239. The summed E-state index contributed by atoms with van der Waals surface area (Å²) in [7, 11) is -17.7. The van der Waals surface area contributed by atoms with Gasteiger partial charge in [-0.3, -0.25) is 0 Å². The van der Waals surface area contributed by atoms with Crippen molar-refractivity contribution in [1.29, 1.82) is 0 Å². The Morgan fingerprint density at radius 2 is 0.409 bits per heavy atom. The molecule has 0 aromatic heterocycles. The predicted molar refractivity (Wildman–Crippen MR) is 381 cm³/mol. The molecule has 11 aromatic carbocycles. The van der Waals surface area contributed by atoms with Crippen LogP contribution in [-0.4, -0.2) is 38.9 Å². The molecule has 11 rings (SSSR count). The van der Waals surface area contributed by atoms with Crippen molar-refractivity contribution in [3.63, 3.8) is 0 Å². The molecule has 0 N–H and O–H groups in total. The number of halogens is 16. The Hall–Kier alpha value is -7.77. The van der Waals surface area contributed by atoms with Crippen LogP contribution in [0, 0.1) is 177 Å². The lowest BCUT2D eigenvalue weighted by molar-refractivity contribution is -0.597. The van der Waals surface area contributed by atoms with Crippen LogP contribution in [0.1, 0.15) is 66.8 Å². The molecule has 0 saturated carbocycles. The van der Waals surface area contributed by atoms with Gasteiger partial charge < -0.3 is 13.7 Å². The van der Waals surface area contributed by atoms with Gasteiger partial charge in [0.1, 0.15) is 66.8 Å². The molecule has 0 aliphatic rings. The lowest BCUT2D eigenvalue weighted by Gasteiger charge is -2.17. The van der Waals surface area contributed by atoms with Crippen LogP contribution < -0.4 is 21.2 Å². The van der Waals surface area contributed by atoms with Gasteiger partial charge in [-0.15, -0.1) is 0 Å². The van der Waals surface area contributed by atoms with E-state index >= 15 is 0 Å². The summed E-state index contributed by atoms with van der Waals surface area (Å²) in [5.41, 5.74) is 16.3. The van der Waals surface area contributed by atoms with Gasteiger partial charge in [-0.25, -0.2) is 91.1 Å². The predicted octanol–water partition coefficient (Wildman–Crippen LogP) is 17.9. The van der Waals surface area contributed by atoms with Crippen molar-refractivity contribution in [2.24, 2.45) is 0 Å². The SMILES string of the molecule is Cc1cc(C)c([S+](c2ccc(Sc3ccc([I+]c4ccc(Sc5ccc([S+](c6c(C)cc(C)cc6C)c6c(C)cc(C)cc6C)cc5)cc4)cc3)cc2)c2c(C)cc(C)cc2C)c(C)c1.O=S(=O)([O-])c1c(F)c(F)c(F)c(F)c1F.O=S(=O)([O-])c1c(F)c(F)c(F)c(F)c1F.O=S(=O)([O-])c1c(F)c(F)c(F)c(F)c1F. The van der Waals surface area contributed by atoms with Crippen LogP contribution >= 0.6 is 23.5 Å². The van der Waals surface area contributed by atoms with Crippen molar-refractivity contribution in [3.05, 3.63) is 307 Å². The maximum absolute atomic E-state index is 12.6. The fraction of sp³-hybridized carbons (Fsp3) is 0.154. The van der Waals surface area contributed by atoms with Crippen molar-refractivity contribution in [1.82, 2.24) is 0 Å². The number of benzene rings is 11. The summed E-state index contributed by atoms with van der Waals surface area (Å²) in [6.07, 6.45) is 0. The van der Waals surface area contributed by atoms with E-state index in [2.05, 4.69) is 229 Å². The van der Waals surface area contributed by atoms with E-state index in [9.17, 15) is 105 Å². The highest BCUT2D eigenvalue weighted by Gasteiger charge is 2.39. The van der Waals surface area contributed by atoms with E-state index in [0.717, 1.165) is 0 Å². The zero-order chi connectivity index (χ0) is 82.0. The fourth-order valence-electron chi connectivity index (χ4n) is 11.9. The summed E-state index contributed by atoms with van der Waals surface area (Å²) < 4.78 is 282. The standard InChI is InChI=1S/C60H60IS4.3C6HF5O3S/c1-37-29-41(5)57(42(6)30-37)64(58-43(7)31-38(2)32-44(58)8)55-25-21-53(22-26-55)62-51-17-13-49(14-18-51)61-50-15-19-52(20-16-50)63-54-23-27-56(28-24-54)65(59-45(9)33-39(3)34-46(59)10)60-47(11)35-40(4)36-48(60)12;3*7-1-2(8)4(10)6(15(12,13)14)5(11)3(1)9/h13-36H,1-12H3;3*(H,12,13,14)/q+3;;;/p-3. The normalized spacial score (nSPS) is 11.7. The fourth-order valence-corrected chi connectivity index (χ4v) is 22.7. The largest absolute Gasteiger partial charge is 0.744 e. The molecule has 0 aliphatic carbocycles. The maximum atomic E-state index is 12.6. The van der Waals surface area contributed by atoms with Crippen molar-refractivity contribution < 1.29 is 126 Å². The van der Waals surface area contributed by atoms with Crippen LogP contribution in [0.2, 0.25) is 0 Å². The van der Waals surface area contributed by atoms with Gasteiger partial charge in [-0.2, -0.15) is 0 Å². The molecule has 0 heterocycles. The molecule has 0 unspecified atom stereocenters. The Kier molecular flexibility index (Phi) is 28.3. The van der Waals surface area contributed by atoms with Crippen LogP contribution in [0.4, 0.5) is 65.9 Å². The van der Waals surface area contributed by atoms with Crippen LogP contribution in [0.3, 0.4) is 0 Å². The summed E-state index contributed by atoms with van der Waals surface area (Å²) in [6, 6.07) is 56.2. The zero-order valence-electron chi connectivity index (χ0n) is 59.4. The molecule has 0 aliphatic heterocycles. The highest BCUT2D eigenvalue weighted by atomic mass is 127. The number of hydrogen-bond acceptors (Lipinski definition) is 11. The van der Waals surface area contributed by atoms with E-state index in [1.807, 2.05) is 23.5 Å². The summed E-state index contributed by atoms with van der Waals surface area (Å²) in [6.45, 7) is 27.1. The summed E-state index contributed by atoms with van der Waals surface area (Å²) in [4.78, 5) is 6.54. The zero-order valence-corrected chi connectivity index (χ0v) is 67.3. The number of rotatable bonds is 15. The van der Waals surface area contributed by atoms with Gasteiger partial charge in [0.05, 0.1) is 0 Å². The maximum Gasteiger partial charge on any atom is 0.357 e. The first kappa shape index (κ1) is 87.8. The van der Waals surface area contributed by atoms with Gasteiger partial charge in [0, 0.05) is 64.1 Å². The first-order valence-electron chi connectivity index (χ1n) is 31.8. The van der Waals surface area contributed by atoms with E-state index in [4.69, 9.17) is 0 Å². The molecule has 9 nitrogen and oxygen atoms in total. The monoisotopic (exact) mass is 1780 g/mol. The molecule has 580 valence electrons. The second-order valence-electron chi connectivity index (χ2n) is 24.7. The molecule has 0 fully saturated rings. The van der Waals surface area contributed by atoms with Crippen molar-refractivity contribution in [2.45, 2.75) is 147 Å². The Bertz CT molecular complexity index is 5040. The van der Waals surface area contributed by atoms with Gasteiger partial charge in [0.25, 0.3) is 0 Å². The van der Waals surface area contributed by atoms with Crippen molar-refractivity contribution in [3.8, 4) is 0 Å². The lowest BCUT2D eigenvalue weighted by atomic mass is 10.1. The van der Waals surface area contributed by atoms with Crippen LogP contribution in [0.5, 0.6) is 0 Å². The van der Waals surface area contributed by atoms with Gasteiger partial charge >= 0.3 is 21.2 Å². The third kappa shape index (κ3) is 20.0. The molecule has 0 bridgehead atoms. The Morgan fingerprint density at radius 1 is 0.255 bits per heavy atom. The third-order valence-corrected chi connectivity index (χ3v) is 28.9. The average molecular weight is 1780 g/mol. The Labute approximate surface area is 650 Å². The molecule has 11 aromatic rings. The number of hydrogen-bond donors (Lipinski definition) is 0. The average Bonchev–Trinajstić information content (AvgIpc) is 0.790. The van der Waals surface area contributed by atoms with Gasteiger partial charge in [0.15, 0.2) is 106 Å². The van der Waals surface area contributed by atoms with Crippen LogP contribution in [0.25, 0.3) is 0 Å². The molecular weight excluding hydrogens is 1720 g/mol. The first-order valence-corrected chi connectivity index (χ1v) is 42.2. The Morgan fingerprint density at radius 3 is 0.573 bits per heavy atom. The molecule has 0 saturated heterocycles. The van der Waals surface area contributed by atoms with Gasteiger partial charge in [-0.1, -0.05) is 94.3 Å². The highest BCUT2D eigenvalue weighted by Crippen LogP contribution is 2.43. The first-order chi connectivity index (χ1) is 51.1. The summed E-state index contributed by atoms with van der Waals surface area (Å²) in [5.74, 6) is -38.5. The van der Waals surface area contributed by atoms with Gasteiger partial charge in [0.2, 0.25) is 17.5 Å². The molecule has 0 radical (unpaired) electrons. The third-order valence-electron chi connectivity index (χ3n) is 15.9.